The van der Waals surface area contributed by atoms with E-state index < -0.39 is 12.2 Å². The van der Waals surface area contributed by atoms with E-state index in [1.807, 2.05) is 30.5 Å². The molecule has 3 fully saturated rings. The molecule has 1 aromatic heterocycles. The number of pyridine rings is 1. The number of para-hydroxylation sites is 1. The molecule has 1 unspecified atom stereocenters. The van der Waals surface area contributed by atoms with Crippen LogP contribution in [0.2, 0.25) is 0 Å². The van der Waals surface area contributed by atoms with Crippen molar-refractivity contribution in [3.8, 4) is 5.75 Å². The van der Waals surface area contributed by atoms with Gasteiger partial charge in [-0.05, 0) is 78.5 Å². The third-order valence-electron chi connectivity index (χ3n) is 8.63. The van der Waals surface area contributed by atoms with E-state index >= 15 is 0 Å². The van der Waals surface area contributed by atoms with Crippen LogP contribution in [-0.4, -0.2) is 42.2 Å². The predicted octanol–water partition coefficient (Wildman–Crippen LogP) is 7.68. The molecule has 5 atom stereocenters. The van der Waals surface area contributed by atoms with E-state index in [1.54, 1.807) is 7.11 Å². The lowest BCUT2D eigenvalue weighted by atomic mass is 9.73. The fourth-order valence-corrected chi connectivity index (χ4v) is 6.51. The minimum atomic E-state index is -0.454. The highest BCUT2D eigenvalue weighted by Crippen LogP contribution is 2.44. The Morgan fingerprint density at radius 1 is 1.10 bits per heavy atom. The lowest BCUT2D eigenvalue weighted by Crippen LogP contribution is -2.55. The molecule has 3 aromatic rings. The quantitative estimate of drug-likeness (QED) is 0.305. The second-order valence-electron chi connectivity index (χ2n) is 11.6. The number of carbonyl (C=O) groups excluding carboxylic acids is 1. The summed E-state index contributed by atoms with van der Waals surface area (Å²) in [5.74, 6) is 2.31. The van der Waals surface area contributed by atoms with Crippen molar-refractivity contribution in [2.24, 2.45) is 11.8 Å². The highest BCUT2D eigenvalue weighted by Gasteiger charge is 2.44. The molecule has 3 aliphatic rings. The molecule has 1 amide bonds. The number of fused-ring (bicyclic) bond motifs is 4. The Morgan fingerprint density at radius 3 is 2.46 bits per heavy atom. The average Bonchev–Trinajstić information content (AvgIpc) is 2.95. The topological polar surface area (TPSA) is 63.7 Å². The van der Waals surface area contributed by atoms with Gasteiger partial charge < -0.3 is 9.47 Å². The number of aromatic nitrogens is 1. The Morgan fingerprint density at radius 2 is 1.85 bits per heavy atom. The van der Waals surface area contributed by atoms with E-state index in [-0.39, 0.29) is 17.9 Å². The Bertz CT molecular complexity index is 1330. The second-order valence-corrected chi connectivity index (χ2v) is 11.6. The van der Waals surface area contributed by atoms with Crippen molar-refractivity contribution < 1.29 is 14.3 Å². The summed E-state index contributed by atoms with van der Waals surface area (Å²) in [7, 11) is 1.67. The standard InChI is InChI=1S/C33H41N3O3/c1-7-22-19-36-16-14-23(22)17-30(36)32(27-13-15-34-29-12-11-24(38-6)18-28(27)29)39-33(37)35-31-25(20(2)3)9-8-10-26(31)21(4)5/h7-13,15,18,20-23,30,32H,1,14,16-17,19H2,2-6H3,(H,35,37)/t22-,23-,30-,32+/m0/s1. The summed E-state index contributed by atoms with van der Waals surface area (Å²) in [6.45, 7) is 14.6. The summed E-state index contributed by atoms with van der Waals surface area (Å²) in [6, 6.07) is 14.2. The fourth-order valence-electron chi connectivity index (χ4n) is 6.51. The van der Waals surface area contributed by atoms with Gasteiger partial charge in [0.2, 0.25) is 0 Å². The smallest absolute Gasteiger partial charge is 0.412 e. The maximum atomic E-state index is 13.8. The summed E-state index contributed by atoms with van der Waals surface area (Å²) in [6.07, 6.45) is 5.14. The molecular formula is C33H41N3O3. The molecular weight excluding hydrogens is 486 g/mol. The second kappa shape index (κ2) is 11.4. The van der Waals surface area contributed by atoms with Crippen molar-refractivity contribution in [3.05, 3.63) is 78.0 Å². The van der Waals surface area contributed by atoms with E-state index in [0.29, 0.717) is 11.8 Å². The molecule has 3 aliphatic heterocycles. The van der Waals surface area contributed by atoms with Gasteiger partial charge in [0.25, 0.3) is 0 Å². The van der Waals surface area contributed by atoms with Gasteiger partial charge in [-0.1, -0.05) is 52.0 Å². The van der Waals surface area contributed by atoms with Gasteiger partial charge in [-0.3, -0.25) is 15.2 Å². The van der Waals surface area contributed by atoms with Gasteiger partial charge in [0.1, 0.15) is 11.9 Å². The van der Waals surface area contributed by atoms with Crippen LogP contribution in [0.25, 0.3) is 10.9 Å². The van der Waals surface area contributed by atoms with Crippen molar-refractivity contribution in [2.45, 2.75) is 64.5 Å². The van der Waals surface area contributed by atoms with Crippen LogP contribution >= 0.6 is 0 Å². The van der Waals surface area contributed by atoms with E-state index in [9.17, 15) is 4.79 Å². The summed E-state index contributed by atoms with van der Waals surface area (Å²) in [4.78, 5) is 20.8. The van der Waals surface area contributed by atoms with Crippen molar-refractivity contribution in [1.82, 2.24) is 9.88 Å². The minimum absolute atomic E-state index is 0.0763. The minimum Gasteiger partial charge on any atom is -0.497 e. The molecule has 206 valence electrons. The number of anilines is 1. The number of nitrogens with one attached hydrogen (secondary N) is 1. The molecule has 2 aromatic carbocycles. The maximum absolute atomic E-state index is 13.8. The fraction of sp³-hybridized carbons (Fsp3) is 0.455. The van der Waals surface area contributed by atoms with Crippen molar-refractivity contribution >= 4 is 22.7 Å². The molecule has 6 nitrogen and oxygen atoms in total. The molecule has 39 heavy (non-hydrogen) atoms. The van der Waals surface area contributed by atoms with Crippen LogP contribution in [0.15, 0.2) is 61.3 Å². The van der Waals surface area contributed by atoms with Gasteiger partial charge in [-0.2, -0.15) is 0 Å². The van der Waals surface area contributed by atoms with E-state index in [4.69, 9.17) is 9.47 Å². The monoisotopic (exact) mass is 527 g/mol. The number of rotatable bonds is 8. The zero-order valence-corrected chi connectivity index (χ0v) is 23.8. The Kier molecular flexibility index (Phi) is 7.94. The molecule has 6 rings (SSSR count). The number of hydrogen-bond acceptors (Lipinski definition) is 5. The molecule has 0 saturated carbocycles. The molecule has 4 heterocycles. The summed E-state index contributed by atoms with van der Waals surface area (Å²) in [5, 5.41) is 4.13. The SMILES string of the molecule is C=C[C@H]1CN2CC[C@H]1C[C@H]2[C@H](OC(=O)Nc1c(C(C)C)cccc1C(C)C)c1ccnc2ccc(OC)cc12. The summed E-state index contributed by atoms with van der Waals surface area (Å²) in [5.41, 5.74) is 4.91. The molecule has 0 radical (unpaired) electrons. The highest BCUT2D eigenvalue weighted by atomic mass is 16.6. The van der Waals surface area contributed by atoms with Gasteiger partial charge in [0.15, 0.2) is 0 Å². The zero-order chi connectivity index (χ0) is 27.7. The van der Waals surface area contributed by atoms with Gasteiger partial charge in [0, 0.05) is 23.7 Å². The van der Waals surface area contributed by atoms with Crippen LogP contribution in [0.5, 0.6) is 5.75 Å². The number of benzene rings is 2. The van der Waals surface area contributed by atoms with Crippen molar-refractivity contribution in [2.75, 3.05) is 25.5 Å². The largest absolute Gasteiger partial charge is 0.497 e. The molecule has 6 heteroatoms. The first-order chi connectivity index (χ1) is 18.8. The van der Waals surface area contributed by atoms with Gasteiger partial charge in [-0.15, -0.1) is 6.58 Å². The van der Waals surface area contributed by atoms with Crippen LogP contribution in [0.1, 0.15) is 75.2 Å². The average molecular weight is 528 g/mol. The summed E-state index contributed by atoms with van der Waals surface area (Å²) >= 11 is 0. The Labute approximate surface area is 232 Å². The molecule has 2 bridgehead atoms. The van der Waals surface area contributed by atoms with Crippen molar-refractivity contribution in [1.29, 1.82) is 0 Å². The number of piperidine rings is 3. The van der Waals surface area contributed by atoms with E-state index in [0.717, 1.165) is 65.0 Å². The van der Waals surface area contributed by atoms with E-state index in [2.05, 4.69) is 73.7 Å². The molecule has 3 saturated heterocycles. The number of ether oxygens (including phenoxy) is 2. The van der Waals surface area contributed by atoms with Crippen LogP contribution in [0, 0.1) is 11.8 Å². The van der Waals surface area contributed by atoms with Crippen LogP contribution in [-0.2, 0) is 4.74 Å². The lowest BCUT2D eigenvalue weighted by Gasteiger charge is -2.51. The van der Waals surface area contributed by atoms with Gasteiger partial charge in [-0.25, -0.2) is 4.79 Å². The Balaban J connectivity index is 1.54. The number of methoxy groups -OCH3 is 1. The number of nitrogens with zero attached hydrogens (tertiary/aromatic N) is 2. The van der Waals surface area contributed by atoms with Crippen LogP contribution in [0.4, 0.5) is 10.5 Å². The Hall–Kier alpha value is -3.38. The normalized spacial score (nSPS) is 23.2. The molecule has 0 aliphatic carbocycles. The lowest BCUT2D eigenvalue weighted by molar-refractivity contribution is -0.0473. The summed E-state index contributed by atoms with van der Waals surface area (Å²) < 4.78 is 12.0. The first-order valence-corrected chi connectivity index (χ1v) is 14.2. The van der Waals surface area contributed by atoms with Gasteiger partial charge in [0.05, 0.1) is 24.4 Å². The molecule has 1 N–H and O–H groups in total. The maximum Gasteiger partial charge on any atom is 0.412 e. The highest BCUT2D eigenvalue weighted by molar-refractivity contribution is 5.88. The third kappa shape index (κ3) is 5.40. The third-order valence-corrected chi connectivity index (χ3v) is 8.63. The first kappa shape index (κ1) is 27.2. The number of hydrogen-bond donors (Lipinski definition) is 1. The zero-order valence-electron chi connectivity index (χ0n) is 23.8. The predicted molar refractivity (Wildman–Crippen MR) is 158 cm³/mol. The van der Waals surface area contributed by atoms with E-state index in [1.165, 1.54) is 0 Å². The first-order valence-electron chi connectivity index (χ1n) is 14.2. The van der Waals surface area contributed by atoms with Gasteiger partial charge >= 0.3 is 6.09 Å². The number of carbonyl (C=O) groups is 1. The van der Waals surface area contributed by atoms with Crippen LogP contribution < -0.4 is 10.1 Å². The van der Waals surface area contributed by atoms with Crippen LogP contribution in [0.3, 0.4) is 0 Å². The molecule has 0 spiro atoms. The van der Waals surface area contributed by atoms with Crippen molar-refractivity contribution in [3.63, 3.8) is 0 Å². The number of amides is 1.